The summed E-state index contributed by atoms with van der Waals surface area (Å²) in [6.07, 6.45) is 2.79. The fourth-order valence-electron chi connectivity index (χ4n) is 3.34. The second-order valence-electron chi connectivity index (χ2n) is 6.71. The van der Waals surface area contributed by atoms with E-state index in [9.17, 15) is 5.11 Å². The second-order valence-corrected chi connectivity index (χ2v) is 6.71. The van der Waals surface area contributed by atoms with Gasteiger partial charge in [0.15, 0.2) is 0 Å². The number of phenols is 1. The van der Waals surface area contributed by atoms with Crippen molar-refractivity contribution in [2.75, 3.05) is 44.2 Å². The topological polar surface area (TPSA) is 48.0 Å². The number of phenolic OH excluding ortho intramolecular Hbond substituents is 1. The van der Waals surface area contributed by atoms with E-state index >= 15 is 0 Å². The smallest absolute Gasteiger partial charge is 0.115 e. The highest BCUT2D eigenvalue weighted by Crippen LogP contribution is 2.21. The van der Waals surface area contributed by atoms with Gasteiger partial charge in [-0.05, 0) is 36.2 Å². The fourth-order valence-corrected chi connectivity index (χ4v) is 3.34. The maximum atomic E-state index is 9.42. The number of ether oxygens (including phenoxy) is 1. The molecule has 1 atom stereocenters. The molecule has 0 spiro atoms. The molecule has 1 fully saturated rings. The van der Waals surface area contributed by atoms with Gasteiger partial charge in [-0.2, -0.15) is 0 Å². The van der Waals surface area contributed by atoms with Gasteiger partial charge in [-0.1, -0.05) is 36.4 Å². The van der Waals surface area contributed by atoms with Crippen LogP contribution in [0.4, 0.5) is 5.69 Å². The summed E-state index contributed by atoms with van der Waals surface area (Å²) in [5.41, 5.74) is 5.91. The van der Waals surface area contributed by atoms with E-state index < -0.39 is 0 Å². The molecule has 5 nitrogen and oxygen atoms in total. The number of hydrogen-bond acceptors (Lipinski definition) is 5. The Morgan fingerprint density at radius 3 is 2.41 bits per heavy atom. The minimum Gasteiger partial charge on any atom is -0.508 e. The van der Waals surface area contributed by atoms with Crippen molar-refractivity contribution >= 4 is 5.69 Å². The number of piperazine rings is 1. The SMILES string of the molecule is C=CCOC(CCNN1CCN(c2ccc(O)cc2)CC1)c1ccccc1. The lowest BCUT2D eigenvalue weighted by atomic mass is 10.1. The van der Waals surface area contributed by atoms with E-state index in [1.165, 1.54) is 5.56 Å². The monoisotopic (exact) mass is 367 g/mol. The molecule has 0 saturated carbocycles. The molecule has 1 aliphatic rings. The fraction of sp³-hybridized carbons (Fsp3) is 0.364. The molecule has 1 saturated heterocycles. The molecule has 1 unspecified atom stereocenters. The van der Waals surface area contributed by atoms with Crippen LogP contribution in [-0.4, -0.2) is 49.4 Å². The number of anilines is 1. The van der Waals surface area contributed by atoms with Crippen molar-refractivity contribution in [1.82, 2.24) is 10.4 Å². The molecule has 0 aromatic heterocycles. The third-order valence-corrected chi connectivity index (χ3v) is 4.82. The minimum atomic E-state index is 0.0787. The Kier molecular flexibility index (Phi) is 7.27. The van der Waals surface area contributed by atoms with E-state index in [0.29, 0.717) is 12.4 Å². The molecule has 5 heteroatoms. The predicted molar refractivity (Wildman–Crippen MR) is 110 cm³/mol. The van der Waals surface area contributed by atoms with E-state index in [0.717, 1.165) is 44.8 Å². The van der Waals surface area contributed by atoms with Crippen LogP contribution in [0, 0.1) is 0 Å². The molecule has 0 radical (unpaired) electrons. The molecule has 144 valence electrons. The van der Waals surface area contributed by atoms with Gasteiger partial charge in [0, 0.05) is 38.4 Å². The Labute approximate surface area is 161 Å². The van der Waals surface area contributed by atoms with Gasteiger partial charge in [-0.25, -0.2) is 5.01 Å². The third kappa shape index (κ3) is 5.82. The van der Waals surface area contributed by atoms with Crippen LogP contribution in [-0.2, 0) is 4.74 Å². The zero-order chi connectivity index (χ0) is 18.9. The molecular formula is C22H29N3O2. The summed E-state index contributed by atoms with van der Waals surface area (Å²) in [6.45, 7) is 9.04. The quantitative estimate of drug-likeness (QED) is 0.666. The van der Waals surface area contributed by atoms with Crippen LogP contribution in [0.2, 0.25) is 0 Å². The first-order chi connectivity index (χ1) is 13.3. The zero-order valence-electron chi connectivity index (χ0n) is 15.8. The van der Waals surface area contributed by atoms with Crippen molar-refractivity contribution in [3.8, 4) is 5.75 Å². The van der Waals surface area contributed by atoms with E-state index in [1.54, 1.807) is 18.2 Å². The van der Waals surface area contributed by atoms with Crippen LogP contribution in [0.5, 0.6) is 5.75 Å². The minimum absolute atomic E-state index is 0.0787. The van der Waals surface area contributed by atoms with Gasteiger partial charge in [-0.15, -0.1) is 6.58 Å². The first-order valence-electron chi connectivity index (χ1n) is 9.56. The first-order valence-corrected chi connectivity index (χ1v) is 9.56. The van der Waals surface area contributed by atoms with Gasteiger partial charge in [0.1, 0.15) is 5.75 Å². The third-order valence-electron chi connectivity index (χ3n) is 4.82. The summed E-state index contributed by atoms with van der Waals surface area (Å²) in [5, 5.41) is 11.7. The lowest BCUT2D eigenvalue weighted by Crippen LogP contribution is -2.52. The highest BCUT2D eigenvalue weighted by molar-refractivity contribution is 5.49. The molecule has 0 bridgehead atoms. The number of benzene rings is 2. The van der Waals surface area contributed by atoms with Crippen LogP contribution < -0.4 is 10.3 Å². The number of hydrazine groups is 1. The van der Waals surface area contributed by atoms with Crippen molar-refractivity contribution in [2.24, 2.45) is 0 Å². The molecule has 0 amide bonds. The Morgan fingerprint density at radius 2 is 1.74 bits per heavy atom. The molecule has 2 aromatic carbocycles. The van der Waals surface area contributed by atoms with E-state index in [2.05, 4.69) is 46.2 Å². The highest BCUT2D eigenvalue weighted by Gasteiger charge is 2.18. The maximum absolute atomic E-state index is 9.42. The van der Waals surface area contributed by atoms with E-state index in [1.807, 2.05) is 18.2 Å². The summed E-state index contributed by atoms with van der Waals surface area (Å²) in [4.78, 5) is 2.34. The lowest BCUT2D eigenvalue weighted by molar-refractivity contribution is 0.0600. The van der Waals surface area contributed by atoms with Crippen LogP contribution in [0.15, 0.2) is 67.3 Å². The molecular weight excluding hydrogens is 338 g/mol. The van der Waals surface area contributed by atoms with Crippen molar-refractivity contribution < 1.29 is 9.84 Å². The number of rotatable bonds is 9. The predicted octanol–water partition coefficient (Wildman–Crippen LogP) is 3.35. The van der Waals surface area contributed by atoms with Gasteiger partial charge in [-0.3, -0.25) is 5.43 Å². The van der Waals surface area contributed by atoms with Crippen LogP contribution in [0.25, 0.3) is 0 Å². The van der Waals surface area contributed by atoms with Crippen LogP contribution >= 0.6 is 0 Å². The molecule has 1 aliphatic heterocycles. The van der Waals surface area contributed by atoms with Crippen molar-refractivity contribution in [1.29, 1.82) is 0 Å². The summed E-state index contributed by atoms with van der Waals surface area (Å²) < 4.78 is 5.95. The summed E-state index contributed by atoms with van der Waals surface area (Å²) >= 11 is 0. The average molecular weight is 367 g/mol. The lowest BCUT2D eigenvalue weighted by Gasteiger charge is -2.36. The van der Waals surface area contributed by atoms with Gasteiger partial charge < -0.3 is 14.7 Å². The van der Waals surface area contributed by atoms with Gasteiger partial charge in [0.2, 0.25) is 0 Å². The average Bonchev–Trinajstić information content (AvgIpc) is 2.72. The Balaban J connectivity index is 1.43. The van der Waals surface area contributed by atoms with Gasteiger partial charge in [0.25, 0.3) is 0 Å². The van der Waals surface area contributed by atoms with Gasteiger partial charge >= 0.3 is 0 Å². The molecule has 2 aromatic rings. The highest BCUT2D eigenvalue weighted by atomic mass is 16.5. The summed E-state index contributed by atoms with van der Waals surface area (Å²) in [7, 11) is 0. The zero-order valence-corrected chi connectivity index (χ0v) is 15.8. The maximum Gasteiger partial charge on any atom is 0.115 e. The van der Waals surface area contributed by atoms with E-state index in [-0.39, 0.29) is 6.10 Å². The number of nitrogens with one attached hydrogen (secondary N) is 1. The second kappa shape index (κ2) is 10.1. The van der Waals surface area contributed by atoms with Crippen LogP contribution in [0.1, 0.15) is 18.1 Å². The van der Waals surface area contributed by atoms with E-state index in [4.69, 9.17) is 4.74 Å². The number of hydrogen-bond donors (Lipinski definition) is 2. The molecule has 27 heavy (non-hydrogen) atoms. The summed E-state index contributed by atoms with van der Waals surface area (Å²) in [6, 6.07) is 17.8. The standard InChI is InChI=1S/C22H29N3O2/c1-2-18-27-22(19-6-4-3-5-7-19)12-13-23-25-16-14-24(15-17-25)20-8-10-21(26)11-9-20/h2-11,22-23,26H,1,12-18H2. The Bertz CT molecular complexity index is 682. The van der Waals surface area contributed by atoms with Crippen LogP contribution in [0.3, 0.4) is 0 Å². The van der Waals surface area contributed by atoms with Gasteiger partial charge in [0.05, 0.1) is 12.7 Å². The number of nitrogens with zero attached hydrogens (tertiary/aromatic N) is 2. The first kappa shape index (κ1) is 19.4. The molecule has 0 aliphatic carbocycles. The molecule has 3 rings (SSSR count). The Morgan fingerprint density at radius 1 is 1.04 bits per heavy atom. The largest absolute Gasteiger partial charge is 0.508 e. The molecule has 2 N–H and O–H groups in total. The number of aromatic hydroxyl groups is 1. The molecule has 1 heterocycles. The van der Waals surface area contributed by atoms with Crippen molar-refractivity contribution in [3.05, 3.63) is 72.8 Å². The normalized spacial score (nSPS) is 16.2. The summed E-state index contributed by atoms with van der Waals surface area (Å²) in [5.74, 6) is 0.311. The van der Waals surface area contributed by atoms with Crippen molar-refractivity contribution in [2.45, 2.75) is 12.5 Å². The Hall–Kier alpha value is -2.34. The van der Waals surface area contributed by atoms with Crippen molar-refractivity contribution in [3.63, 3.8) is 0 Å².